The molecule has 0 fully saturated rings. The number of carbonyl (C=O) groups excluding carboxylic acids is 1. The Morgan fingerprint density at radius 3 is 2.65 bits per heavy atom. The van der Waals surface area contributed by atoms with Gasteiger partial charge in [0.1, 0.15) is 0 Å². The number of Topliss-reactive ketones (excluding diaryl/α,β-unsaturated/α-hetero) is 1. The van der Waals surface area contributed by atoms with Crippen molar-refractivity contribution in [1.82, 2.24) is 4.98 Å². The number of nitrogens with zero attached hydrogens (tertiary/aromatic N) is 1. The third-order valence-electron chi connectivity index (χ3n) is 2.79. The van der Waals surface area contributed by atoms with Gasteiger partial charge in [0, 0.05) is 24.4 Å². The number of rotatable bonds is 4. The molecule has 2 heteroatoms. The van der Waals surface area contributed by atoms with Crippen LogP contribution in [0.15, 0.2) is 48.8 Å². The maximum Gasteiger partial charge on any atom is 0.167 e. The highest BCUT2D eigenvalue weighted by atomic mass is 16.1. The van der Waals surface area contributed by atoms with Crippen molar-refractivity contribution in [1.29, 1.82) is 0 Å². The molecule has 0 spiro atoms. The lowest BCUT2D eigenvalue weighted by Crippen LogP contribution is -2.07. The zero-order chi connectivity index (χ0) is 12.1. The molecule has 17 heavy (non-hydrogen) atoms. The molecule has 0 radical (unpaired) electrons. The molecule has 0 unspecified atom stereocenters. The second kappa shape index (κ2) is 5.39. The Bertz CT molecular complexity index is 505. The molecule has 1 heterocycles. The van der Waals surface area contributed by atoms with Crippen LogP contribution in [0.2, 0.25) is 0 Å². The average Bonchev–Trinajstić information content (AvgIpc) is 2.40. The van der Waals surface area contributed by atoms with Crippen molar-refractivity contribution in [2.24, 2.45) is 0 Å². The van der Waals surface area contributed by atoms with Crippen LogP contribution in [0.5, 0.6) is 0 Å². The Morgan fingerprint density at radius 2 is 1.94 bits per heavy atom. The maximum atomic E-state index is 12.2. The van der Waals surface area contributed by atoms with Crippen LogP contribution in [0, 0.1) is 0 Å². The number of aromatic nitrogens is 1. The molecule has 2 rings (SSSR count). The van der Waals surface area contributed by atoms with E-state index in [1.165, 1.54) is 0 Å². The zero-order valence-electron chi connectivity index (χ0n) is 9.89. The van der Waals surface area contributed by atoms with Gasteiger partial charge >= 0.3 is 0 Å². The minimum Gasteiger partial charge on any atom is -0.294 e. The van der Waals surface area contributed by atoms with E-state index in [1.807, 2.05) is 43.3 Å². The number of hydrogen-bond donors (Lipinski definition) is 0. The van der Waals surface area contributed by atoms with E-state index in [0.717, 1.165) is 23.1 Å². The van der Waals surface area contributed by atoms with Crippen molar-refractivity contribution in [2.45, 2.75) is 19.8 Å². The predicted octanol–water partition coefficient (Wildman–Crippen LogP) is 3.07. The SMILES string of the molecule is CCc1cnccc1C(=O)Cc1ccccc1. The largest absolute Gasteiger partial charge is 0.294 e. The molecule has 0 bridgehead atoms. The van der Waals surface area contributed by atoms with Crippen molar-refractivity contribution in [3.63, 3.8) is 0 Å². The van der Waals surface area contributed by atoms with E-state index in [9.17, 15) is 4.79 Å². The van der Waals surface area contributed by atoms with Gasteiger partial charge in [-0.3, -0.25) is 9.78 Å². The molecule has 1 aromatic carbocycles. The molecule has 1 aromatic heterocycles. The number of hydrogen-bond acceptors (Lipinski definition) is 2. The van der Waals surface area contributed by atoms with E-state index in [2.05, 4.69) is 4.98 Å². The minimum atomic E-state index is 0.162. The summed E-state index contributed by atoms with van der Waals surface area (Å²) in [5.74, 6) is 0.162. The second-order valence-electron chi connectivity index (χ2n) is 3.97. The van der Waals surface area contributed by atoms with Crippen LogP contribution in [0.25, 0.3) is 0 Å². The van der Waals surface area contributed by atoms with Crippen LogP contribution in [0.1, 0.15) is 28.4 Å². The molecular formula is C15H15NO. The minimum absolute atomic E-state index is 0.162. The Hall–Kier alpha value is -1.96. The summed E-state index contributed by atoms with van der Waals surface area (Å²) in [5.41, 5.74) is 2.87. The van der Waals surface area contributed by atoms with Gasteiger partial charge in [0.05, 0.1) is 0 Å². The van der Waals surface area contributed by atoms with Crippen molar-refractivity contribution in [3.05, 3.63) is 65.5 Å². The lowest BCUT2D eigenvalue weighted by Gasteiger charge is -2.05. The van der Waals surface area contributed by atoms with Crippen LogP contribution in [0.4, 0.5) is 0 Å². The first-order valence-corrected chi connectivity index (χ1v) is 5.81. The van der Waals surface area contributed by atoms with Gasteiger partial charge in [-0.15, -0.1) is 0 Å². The number of carbonyl (C=O) groups is 1. The Kier molecular flexibility index (Phi) is 3.66. The first kappa shape index (κ1) is 11.5. The average molecular weight is 225 g/mol. The van der Waals surface area contributed by atoms with Crippen molar-refractivity contribution in [3.8, 4) is 0 Å². The molecule has 86 valence electrons. The number of aryl methyl sites for hydroxylation is 1. The van der Waals surface area contributed by atoms with E-state index in [4.69, 9.17) is 0 Å². The van der Waals surface area contributed by atoms with Crippen molar-refractivity contribution < 1.29 is 4.79 Å². The normalized spacial score (nSPS) is 10.2. The quantitative estimate of drug-likeness (QED) is 0.748. The molecule has 2 aromatic rings. The van der Waals surface area contributed by atoms with Crippen LogP contribution in [-0.4, -0.2) is 10.8 Å². The monoisotopic (exact) mass is 225 g/mol. The molecule has 0 aliphatic heterocycles. The molecule has 0 saturated heterocycles. The van der Waals surface area contributed by atoms with E-state index >= 15 is 0 Å². The van der Waals surface area contributed by atoms with Gasteiger partial charge in [-0.25, -0.2) is 0 Å². The van der Waals surface area contributed by atoms with Gasteiger partial charge in [-0.1, -0.05) is 37.3 Å². The summed E-state index contributed by atoms with van der Waals surface area (Å²) < 4.78 is 0. The smallest absolute Gasteiger partial charge is 0.167 e. The summed E-state index contributed by atoms with van der Waals surface area (Å²) in [6.45, 7) is 2.04. The zero-order valence-corrected chi connectivity index (χ0v) is 9.89. The van der Waals surface area contributed by atoms with Gasteiger partial charge in [0.2, 0.25) is 0 Å². The number of ketones is 1. The van der Waals surface area contributed by atoms with Crippen molar-refractivity contribution >= 4 is 5.78 Å². The van der Waals surface area contributed by atoms with Gasteiger partial charge in [0.25, 0.3) is 0 Å². The molecular weight excluding hydrogens is 210 g/mol. The van der Waals surface area contributed by atoms with Gasteiger partial charge in [-0.05, 0) is 23.6 Å². The van der Waals surface area contributed by atoms with Gasteiger partial charge < -0.3 is 0 Å². The summed E-state index contributed by atoms with van der Waals surface area (Å²) in [4.78, 5) is 16.2. The molecule has 0 amide bonds. The van der Waals surface area contributed by atoms with Crippen LogP contribution in [-0.2, 0) is 12.8 Å². The Morgan fingerprint density at radius 1 is 1.18 bits per heavy atom. The molecule has 0 saturated carbocycles. The summed E-state index contributed by atoms with van der Waals surface area (Å²) in [5, 5.41) is 0. The van der Waals surface area contributed by atoms with E-state index in [1.54, 1.807) is 12.4 Å². The second-order valence-corrected chi connectivity index (χ2v) is 3.97. The molecule has 0 aliphatic rings. The summed E-state index contributed by atoms with van der Waals surface area (Å²) in [7, 11) is 0. The molecule has 0 atom stereocenters. The Balaban J connectivity index is 2.20. The topological polar surface area (TPSA) is 30.0 Å². The summed E-state index contributed by atoms with van der Waals surface area (Å²) in [6, 6.07) is 11.6. The van der Waals surface area contributed by atoms with E-state index < -0.39 is 0 Å². The first-order chi connectivity index (χ1) is 8.31. The highest BCUT2D eigenvalue weighted by Gasteiger charge is 2.10. The Labute approximate surface area is 101 Å². The molecule has 0 N–H and O–H groups in total. The fourth-order valence-corrected chi connectivity index (χ4v) is 1.86. The fraction of sp³-hybridized carbons (Fsp3) is 0.200. The van der Waals surface area contributed by atoms with Crippen LogP contribution in [0.3, 0.4) is 0 Å². The van der Waals surface area contributed by atoms with E-state index in [-0.39, 0.29) is 5.78 Å². The maximum absolute atomic E-state index is 12.2. The standard InChI is InChI=1S/C15H15NO/c1-2-13-11-16-9-8-14(13)15(17)10-12-6-4-3-5-7-12/h3-9,11H,2,10H2,1H3. The summed E-state index contributed by atoms with van der Waals surface area (Å²) >= 11 is 0. The highest BCUT2D eigenvalue weighted by Crippen LogP contribution is 2.12. The van der Waals surface area contributed by atoms with Gasteiger partial charge in [-0.2, -0.15) is 0 Å². The first-order valence-electron chi connectivity index (χ1n) is 5.81. The van der Waals surface area contributed by atoms with Crippen molar-refractivity contribution in [2.75, 3.05) is 0 Å². The van der Waals surface area contributed by atoms with Crippen LogP contribution >= 0.6 is 0 Å². The number of benzene rings is 1. The molecule has 2 nitrogen and oxygen atoms in total. The van der Waals surface area contributed by atoms with Crippen LogP contribution < -0.4 is 0 Å². The predicted molar refractivity (Wildman–Crippen MR) is 68.1 cm³/mol. The highest BCUT2D eigenvalue weighted by molar-refractivity contribution is 5.98. The number of pyridine rings is 1. The third-order valence-corrected chi connectivity index (χ3v) is 2.79. The van der Waals surface area contributed by atoms with E-state index in [0.29, 0.717) is 6.42 Å². The summed E-state index contributed by atoms with van der Waals surface area (Å²) in [6.07, 6.45) is 4.75. The third kappa shape index (κ3) is 2.78. The lowest BCUT2D eigenvalue weighted by atomic mass is 9.99. The van der Waals surface area contributed by atoms with Gasteiger partial charge in [0.15, 0.2) is 5.78 Å². The fourth-order valence-electron chi connectivity index (χ4n) is 1.86. The lowest BCUT2D eigenvalue weighted by molar-refractivity contribution is 0.0992. The molecule has 0 aliphatic carbocycles.